The fourth-order valence-electron chi connectivity index (χ4n) is 3.00. The summed E-state index contributed by atoms with van der Waals surface area (Å²) < 4.78 is 26.8. The maximum Gasteiger partial charge on any atom is 0.264 e. The molecule has 0 spiro atoms. The number of amides is 1. The average molecular weight is 373 g/mol. The maximum absolute atomic E-state index is 12.8. The molecule has 1 heterocycles. The third-order valence-electron chi connectivity index (χ3n) is 4.54. The van der Waals surface area contributed by atoms with Crippen molar-refractivity contribution in [2.45, 2.75) is 17.9 Å². The van der Waals surface area contributed by atoms with Crippen LogP contribution in [0, 0.1) is 0 Å². The molecule has 1 aliphatic heterocycles. The SMILES string of the molecule is CC1CN(C(=O)c2ccc(S(=O)(=O)N(C)c3ccccc3)cc2)CCN1. The van der Waals surface area contributed by atoms with E-state index in [9.17, 15) is 13.2 Å². The van der Waals surface area contributed by atoms with Gasteiger partial charge in [-0.3, -0.25) is 9.10 Å². The molecule has 3 rings (SSSR count). The van der Waals surface area contributed by atoms with Crippen LogP contribution in [-0.4, -0.2) is 51.9 Å². The zero-order valence-electron chi connectivity index (χ0n) is 14.9. The molecular formula is C19H23N3O3S. The number of hydrogen-bond acceptors (Lipinski definition) is 4. The number of nitrogens with one attached hydrogen (secondary N) is 1. The van der Waals surface area contributed by atoms with Crippen LogP contribution in [0.2, 0.25) is 0 Å². The van der Waals surface area contributed by atoms with Gasteiger partial charge in [-0.2, -0.15) is 0 Å². The van der Waals surface area contributed by atoms with E-state index in [1.54, 1.807) is 41.3 Å². The average Bonchev–Trinajstić information content (AvgIpc) is 2.67. The van der Waals surface area contributed by atoms with E-state index < -0.39 is 10.0 Å². The zero-order chi connectivity index (χ0) is 18.7. The van der Waals surface area contributed by atoms with Crippen molar-refractivity contribution in [1.82, 2.24) is 10.2 Å². The molecule has 138 valence electrons. The minimum Gasteiger partial charge on any atom is -0.336 e. The first-order valence-electron chi connectivity index (χ1n) is 8.56. The Bertz CT molecular complexity index is 867. The van der Waals surface area contributed by atoms with Gasteiger partial charge in [-0.1, -0.05) is 18.2 Å². The molecule has 1 fully saturated rings. The van der Waals surface area contributed by atoms with Crippen LogP contribution in [0.4, 0.5) is 5.69 Å². The number of sulfonamides is 1. The summed E-state index contributed by atoms with van der Waals surface area (Å²) >= 11 is 0. The first kappa shape index (κ1) is 18.4. The molecule has 0 radical (unpaired) electrons. The minimum atomic E-state index is -3.67. The molecule has 7 heteroatoms. The third-order valence-corrected chi connectivity index (χ3v) is 6.34. The van der Waals surface area contributed by atoms with Crippen molar-refractivity contribution >= 4 is 21.6 Å². The number of rotatable bonds is 4. The van der Waals surface area contributed by atoms with Crippen molar-refractivity contribution < 1.29 is 13.2 Å². The summed E-state index contributed by atoms with van der Waals surface area (Å²) in [5.74, 6) is -0.0706. The second-order valence-corrected chi connectivity index (χ2v) is 8.41. The van der Waals surface area contributed by atoms with Crippen molar-refractivity contribution in [3.8, 4) is 0 Å². The lowest BCUT2D eigenvalue weighted by Crippen LogP contribution is -2.51. The van der Waals surface area contributed by atoms with E-state index in [1.807, 2.05) is 13.0 Å². The van der Waals surface area contributed by atoms with Crippen LogP contribution in [-0.2, 0) is 10.0 Å². The molecule has 1 N–H and O–H groups in total. The summed E-state index contributed by atoms with van der Waals surface area (Å²) in [6.45, 7) is 4.10. The first-order chi connectivity index (χ1) is 12.4. The molecule has 1 unspecified atom stereocenters. The van der Waals surface area contributed by atoms with Gasteiger partial charge < -0.3 is 10.2 Å². The summed E-state index contributed by atoms with van der Waals surface area (Å²) in [4.78, 5) is 14.6. The second kappa shape index (κ2) is 7.47. The molecule has 1 atom stereocenters. The van der Waals surface area contributed by atoms with Gasteiger partial charge in [-0.05, 0) is 43.3 Å². The van der Waals surface area contributed by atoms with Crippen LogP contribution in [0.5, 0.6) is 0 Å². The zero-order valence-corrected chi connectivity index (χ0v) is 15.7. The highest BCUT2D eigenvalue weighted by molar-refractivity contribution is 7.92. The number of nitrogens with zero attached hydrogens (tertiary/aromatic N) is 2. The predicted molar refractivity (Wildman–Crippen MR) is 102 cm³/mol. The van der Waals surface area contributed by atoms with Crippen molar-refractivity contribution in [2.75, 3.05) is 31.0 Å². The maximum atomic E-state index is 12.8. The van der Waals surface area contributed by atoms with Crippen LogP contribution in [0.1, 0.15) is 17.3 Å². The van der Waals surface area contributed by atoms with Crippen LogP contribution in [0.3, 0.4) is 0 Å². The van der Waals surface area contributed by atoms with Crippen LogP contribution < -0.4 is 9.62 Å². The smallest absolute Gasteiger partial charge is 0.264 e. The van der Waals surface area contributed by atoms with E-state index in [4.69, 9.17) is 0 Å². The Kier molecular flexibility index (Phi) is 5.29. The number of piperazine rings is 1. The van der Waals surface area contributed by atoms with Crippen molar-refractivity contribution in [2.24, 2.45) is 0 Å². The molecule has 6 nitrogen and oxygen atoms in total. The van der Waals surface area contributed by atoms with E-state index >= 15 is 0 Å². The highest BCUT2D eigenvalue weighted by atomic mass is 32.2. The van der Waals surface area contributed by atoms with Crippen LogP contribution in [0.15, 0.2) is 59.5 Å². The Labute approximate surface area is 154 Å². The number of para-hydroxylation sites is 1. The summed E-state index contributed by atoms with van der Waals surface area (Å²) in [5.41, 5.74) is 1.09. The molecule has 1 amide bonds. The standard InChI is InChI=1S/C19H23N3O3S/c1-15-14-22(13-12-20-15)19(23)16-8-10-18(11-9-16)26(24,25)21(2)17-6-4-3-5-7-17/h3-11,15,20H,12-14H2,1-2H3. The number of carbonyl (C=O) groups is 1. The molecule has 26 heavy (non-hydrogen) atoms. The Morgan fingerprint density at radius 3 is 2.38 bits per heavy atom. The van der Waals surface area contributed by atoms with E-state index in [-0.39, 0.29) is 16.8 Å². The Morgan fingerprint density at radius 2 is 1.77 bits per heavy atom. The van der Waals surface area contributed by atoms with Gasteiger partial charge in [0.15, 0.2) is 0 Å². The molecule has 0 saturated carbocycles. The van der Waals surface area contributed by atoms with Crippen molar-refractivity contribution in [3.05, 3.63) is 60.2 Å². The third kappa shape index (κ3) is 3.73. The van der Waals surface area contributed by atoms with Gasteiger partial charge >= 0.3 is 0 Å². The summed E-state index contributed by atoms with van der Waals surface area (Å²) in [7, 11) is -2.15. The van der Waals surface area contributed by atoms with Crippen molar-refractivity contribution in [3.63, 3.8) is 0 Å². The molecule has 0 aromatic heterocycles. The lowest BCUT2D eigenvalue weighted by atomic mass is 10.1. The van der Waals surface area contributed by atoms with Gasteiger partial charge in [-0.25, -0.2) is 8.42 Å². The fourth-order valence-corrected chi connectivity index (χ4v) is 4.20. The number of anilines is 1. The largest absolute Gasteiger partial charge is 0.336 e. The van der Waals surface area contributed by atoms with Gasteiger partial charge in [0.05, 0.1) is 10.6 Å². The lowest BCUT2D eigenvalue weighted by Gasteiger charge is -2.32. The number of benzene rings is 2. The van der Waals surface area contributed by atoms with Gasteiger partial charge in [0.25, 0.3) is 15.9 Å². The molecule has 0 aliphatic carbocycles. The topological polar surface area (TPSA) is 69.7 Å². The minimum absolute atomic E-state index is 0.0706. The molecule has 2 aromatic carbocycles. The van der Waals surface area contributed by atoms with E-state index in [0.29, 0.717) is 24.3 Å². The first-order valence-corrected chi connectivity index (χ1v) is 10.0. The van der Waals surface area contributed by atoms with E-state index in [1.165, 1.54) is 23.5 Å². The monoisotopic (exact) mass is 373 g/mol. The highest BCUT2D eigenvalue weighted by Gasteiger charge is 2.24. The normalized spacial score (nSPS) is 17.8. The summed E-state index contributed by atoms with van der Waals surface area (Å²) in [6, 6.07) is 15.3. The molecular weight excluding hydrogens is 350 g/mol. The molecule has 1 aliphatic rings. The fraction of sp³-hybridized carbons (Fsp3) is 0.316. The van der Waals surface area contributed by atoms with E-state index in [2.05, 4.69) is 5.32 Å². The quantitative estimate of drug-likeness (QED) is 0.889. The van der Waals surface area contributed by atoms with E-state index in [0.717, 1.165) is 6.54 Å². The molecule has 1 saturated heterocycles. The van der Waals surface area contributed by atoms with Crippen LogP contribution >= 0.6 is 0 Å². The molecule has 0 bridgehead atoms. The second-order valence-electron chi connectivity index (χ2n) is 6.44. The number of hydrogen-bond donors (Lipinski definition) is 1. The predicted octanol–water partition coefficient (Wildman–Crippen LogP) is 1.95. The number of carbonyl (C=O) groups excluding carboxylic acids is 1. The Morgan fingerprint density at radius 1 is 1.12 bits per heavy atom. The summed E-state index contributed by atoms with van der Waals surface area (Å²) in [6.07, 6.45) is 0. The summed E-state index contributed by atoms with van der Waals surface area (Å²) in [5, 5.41) is 3.30. The van der Waals surface area contributed by atoms with Gasteiger partial charge in [0, 0.05) is 38.3 Å². The highest BCUT2D eigenvalue weighted by Crippen LogP contribution is 2.22. The van der Waals surface area contributed by atoms with Crippen LogP contribution in [0.25, 0.3) is 0 Å². The van der Waals surface area contributed by atoms with Crippen molar-refractivity contribution in [1.29, 1.82) is 0 Å². The molecule has 2 aromatic rings. The van der Waals surface area contributed by atoms with Gasteiger partial charge in [-0.15, -0.1) is 0 Å². The Balaban J connectivity index is 1.79. The Hall–Kier alpha value is -2.38. The van der Waals surface area contributed by atoms with Gasteiger partial charge in [0.1, 0.15) is 0 Å². The van der Waals surface area contributed by atoms with Gasteiger partial charge in [0.2, 0.25) is 0 Å². The lowest BCUT2D eigenvalue weighted by molar-refractivity contribution is 0.0709.